The maximum Gasteiger partial charge on any atom is 0.159 e. The van der Waals surface area contributed by atoms with E-state index in [1.807, 2.05) is 18.2 Å². The third kappa shape index (κ3) is 2.51. The number of hydrogen-bond acceptors (Lipinski definition) is 3. The Morgan fingerprint density at radius 1 is 1.16 bits per heavy atom. The van der Waals surface area contributed by atoms with E-state index in [0.29, 0.717) is 0 Å². The van der Waals surface area contributed by atoms with Gasteiger partial charge in [-0.05, 0) is 24.9 Å². The van der Waals surface area contributed by atoms with Crippen molar-refractivity contribution < 1.29 is 0 Å². The van der Waals surface area contributed by atoms with Crippen molar-refractivity contribution in [3.8, 4) is 11.4 Å². The molecule has 3 nitrogen and oxygen atoms in total. The summed E-state index contributed by atoms with van der Waals surface area (Å²) in [7, 11) is 0. The lowest BCUT2D eigenvalue weighted by Gasteiger charge is -2.20. The Labute approximate surface area is 114 Å². The standard InChI is InChI=1S/C16H19N3/c1-2-6-14-13-9-10-17-11-15(13)19-16(18-14)12-7-4-3-5-8-12/h3-5,7-8,17H,2,6,9-11H2,1H3. The molecule has 0 bridgehead atoms. The molecule has 1 N–H and O–H groups in total. The van der Waals surface area contributed by atoms with Gasteiger partial charge in [-0.25, -0.2) is 9.97 Å². The highest BCUT2D eigenvalue weighted by molar-refractivity contribution is 5.55. The van der Waals surface area contributed by atoms with Crippen LogP contribution in [0.4, 0.5) is 0 Å². The fraction of sp³-hybridized carbons (Fsp3) is 0.375. The smallest absolute Gasteiger partial charge is 0.159 e. The van der Waals surface area contributed by atoms with Crippen molar-refractivity contribution in [2.24, 2.45) is 0 Å². The minimum atomic E-state index is 0.867. The van der Waals surface area contributed by atoms with Gasteiger partial charge < -0.3 is 5.32 Å². The van der Waals surface area contributed by atoms with Gasteiger partial charge in [0.05, 0.1) is 5.69 Å². The molecule has 1 aliphatic rings. The van der Waals surface area contributed by atoms with Crippen molar-refractivity contribution in [2.45, 2.75) is 32.7 Å². The molecule has 0 unspecified atom stereocenters. The predicted octanol–water partition coefficient (Wildman–Crippen LogP) is 2.74. The molecule has 1 aliphatic heterocycles. The van der Waals surface area contributed by atoms with Crippen molar-refractivity contribution in [1.29, 1.82) is 0 Å². The van der Waals surface area contributed by atoms with Crippen LogP contribution in [0.1, 0.15) is 30.3 Å². The number of rotatable bonds is 3. The number of hydrogen-bond donors (Lipinski definition) is 1. The highest BCUT2D eigenvalue weighted by Crippen LogP contribution is 2.22. The number of benzene rings is 1. The average Bonchev–Trinajstić information content (AvgIpc) is 2.48. The molecule has 3 rings (SSSR count). The lowest BCUT2D eigenvalue weighted by Crippen LogP contribution is -2.26. The van der Waals surface area contributed by atoms with E-state index in [0.717, 1.165) is 43.7 Å². The van der Waals surface area contributed by atoms with Crippen LogP contribution in [-0.2, 0) is 19.4 Å². The lowest BCUT2D eigenvalue weighted by atomic mass is 10.0. The van der Waals surface area contributed by atoms with Gasteiger partial charge in [-0.2, -0.15) is 0 Å². The summed E-state index contributed by atoms with van der Waals surface area (Å²) in [5.41, 5.74) is 4.91. The number of aromatic nitrogens is 2. The highest BCUT2D eigenvalue weighted by atomic mass is 15.0. The van der Waals surface area contributed by atoms with Crippen molar-refractivity contribution in [3.05, 3.63) is 47.3 Å². The highest BCUT2D eigenvalue weighted by Gasteiger charge is 2.17. The number of nitrogens with zero attached hydrogens (tertiary/aromatic N) is 2. The summed E-state index contributed by atoms with van der Waals surface area (Å²) in [6, 6.07) is 10.3. The molecule has 0 fully saturated rings. The Bertz CT molecular complexity index is 564. The lowest BCUT2D eigenvalue weighted by molar-refractivity contribution is 0.614. The minimum Gasteiger partial charge on any atom is -0.311 e. The van der Waals surface area contributed by atoms with E-state index in [-0.39, 0.29) is 0 Å². The van der Waals surface area contributed by atoms with Crippen LogP contribution in [0.5, 0.6) is 0 Å². The van der Waals surface area contributed by atoms with Gasteiger partial charge in [-0.1, -0.05) is 43.7 Å². The Hall–Kier alpha value is -1.74. The molecule has 0 radical (unpaired) electrons. The summed E-state index contributed by atoms with van der Waals surface area (Å²) in [5, 5.41) is 3.40. The Morgan fingerprint density at radius 2 is 2.00 bits per heavy atom. The maximum absolute atomic E-state index is 4.81. The van der Waals surface area contributed by atoms with E-state index in [1.54, 1.807) is 0 Å². The van der Waals surface area contributed by atoms with Crippen LogP contribution in [0.2, 0.25) is 0 Å². The molecule has 0 spiro atoms. The first-order valence-corrected chi connectivity index (χ1v) is 7.03. The molecule has 3 heteroatoms. The molecular formula is C16H19N3. The first-order valence-electron chi connectivity index (χ1n) is 7.03. The maximum atomic E-state index is 4.81. The monoisotopic (exact) mass is 253 g/mol. The normalized spacial score (nSPS) is 14.2. The topological polar surface area (TPSA) is 37.8 Å². The van der Waals surface area contributed by atoms with Crippen molar-refractivity contribution >= 4 is 0 Å². The number of aryl methyl sites for hydroxylation is 1. The summed E-state index contributed by atoms with van der Waals surface area (Å²) in [6.07, 6.45) is 3.23. The number of nitrogens with one attached hydrogen (secondary N) is 1. The first kappa shape index (κ1) is 12.3. The van der Waals surface area contributed by atoms with Crippen molar-refractivity contribution in [3.63, 3.8) is 0 Å². The van der Waals surface area contributed by atoms with Crippen LogP contribution in [0.3, 0.4) is 0 Å². The zero-order valence-corrected chi connectivity index (χ0v) is 11.3. The van der Waals surface area contributed by atoms with Crippen LogP contribution in [-0.4, -0.2) is 16.5 Å². The first-order chi connectivity index (χ1) is 9.38. The molecule has 0 aliphatic carbocycles. The van der Waals surface area contributed by atoms with Gasteiger partial charge in [0.2, 0.25) is 0 Å². The zero-order valence-electron chi connectivity index (χ0n) is 11.3. The van der Waals surface area contributed by atoms with Gasteiger partial charge in [-0.15, -0.1) is 0 Å². The van der Waals surface area contributed by atoms with Crippen LogP contribution in [0.25, 0.3) is 11.4 Å². The number of fused-ring (bicyclic) bond motifs is 1. The van der Waals surface area contributed by atoms with Gasteiger partial charge >= 0.3 is 0 Å². The molecule has 98 valence electrons. The van der Waals surface area contributed by atoms with E-state index >= 15 is 0 Å². The third-order valence-electron chi connectivity index (χ3n) is 3.54. The quantitative estimate of drug-likeness (QED) is 0.914. The zero-order chi connectivity index (χ0) is 13.1. The molecule has 0 amide bonds. The van der Waals surface area contributed by atoms with E-state index < -0.39 is 0 Å². The van der Waals surface area contributed by atoms with Crippen LogP contribution < -0.4 is 5.32 Å². The second-order valence-corrected chi connectivity index (χ2v) is 4.96. The van der Waals surface area contributed by atoms with Crippen LogP contribution in [0, 0.1) is 0 Å². The summed E-state index contributed by atoms with van der Waals surface area (Å²) in [4.78, 5) is 9.56. The van der Waals surface area contributed by atoms with E-state index in [9.17, 15) is 0 Å². The molecule has 19 heavy (non-hydrogen) atoms. The van der Waals surface area contributed by atoms with Crippen LogP contribution in [0.15, 0.2) is 30.3 Å². The SMILES string of the molecule is CCCc1nc(-c2ccccc2)nc2c1CCNC2. The molecule has 2 heterocycles. The minimum absolute atomic E-state index is 0.867. The average molecular weight is 253 g/mol. The second kappa shape index (κ2) is 5.49. The summed E-state index contributed by atoms with van der Waals surface area (Å²) < 4.78 is 0. The largest absolute Gasteiger partial charge is 0.311 e. The van der Waals surface area contributed by atoms with E-state index in [1.165, 1.54) is 17.0 Å². The fourth-order valence-electron chi connectivity index (χ4n) is 2.60. The van der Waals surface area contributed by atoms with Gasteiger partial charge in [0.15, 0.2) is 5.82 Å². The van der Waals surface area contributed by atoms with Gasteiger partial charge in [-0.3, -0.25) is 0 Å². The Balaban J connectivity index is 2.09. The third-order valence-corrected chi connectivity index (χ3v) is 3.54. The van der Waals surface area contributed by atoms with Gasteiger partial charge in [0, 0.05) is 17.8 Å². The predicted molar refractivity (Wildman–Crippen MR) is 76.9 cm³/mol. The Kier molecular flexibility index (Phi) is 3.56. The molecule has 1 aromatic heterocycles. The molecule has 0 saturated heterocycles. The molecule has 0 atom stereocenters. The van der Waals surface area contributed by atoms with E-state index in [2.05, 4.69) is 24.4 Å². The summed E-state index contributed by atoms with van der Waals surface area (Å²) in [6.45, 7) is 4.12. The fourth-order valence-corrected chi connectivity index (χ4v) is 2.60. The molecule has 2 aromatic rings. The van der Waals surface area contributed by atoms with E-state index in [4.69, 9.17) is 9.97 Å². The molecule has 1 aromatic carbocycles. The van der Waals surface area contributed by atoms with Gasteiger partial charge in [0.25, 0.3) is 0 Å². The second-order valence-electron chi connectivity index (χ2n) is 4.96. The van der Waals surface area contributed by atoms with Crippen LogP contribution >= 0.6 is 0 Å². The molecule has 0 saturated carbocycles. The van der Waals surface area contributed by atoms with Crippen molar-refractivity contribution in [1.82, 2.24) is 15.3 Å². The summed E-state index contributed by atoms with van der Waals surface area (Å²) in [5.74, 6) is 0.867. The van der Waals surface area contributed by atoms with Crippen molar-refractivity contribution in [2.75, 3.05) is 6.54 Å². The molecular weight excluding hydrogens is 234 g/mol. The summed E-state index contributed by atoms with van der Waals surface area (Å²) >= 11 is 0. The Morgan fingerprint density at radius 3 is 2.79 bits per heavy atom. The van der Waals surface area contributed by atoms with Gasteiger partial charge in [0.1, 0.15) is 0 Å².